The average Bonchev–Trinajstić information content (AvgIpc) is 3.23. The van der Waals surface area contributed by atoms with Crippen molar-refractivity contribution in [1.82, 2.24) is 15.1 Å². The van der Waals surface area contributed by atoms with Crippen molar-refractivity contribution < 1.29 is 4.74 Å². The van der Waals surface area contributed by atoms with Crippen LogP contribution in [0.15, 0.2) is 84.9 Å². The number of hydrogen-bond acceptors (Lipinski definition) is 3. The smallest absolute Gasteiger partial charge is 0.120 e. The van der Waals surface area contributed by atoms with Gasteiger partial charge >= 0.3 is 0 Å². The molecule has 4 heteroatoms. The van der Waals surface area contributed by atoms with Gasteiger partial charge in [0.1, 0.15) is 12.4 Å². The molecule has 0 spiro atoms. The van der Waals surface area contributed by atoms with E-state index in [1.54, 1.807) is 0 Å². The van der Waals surface area contributed by atoms with E-state index in [1.165, 1.54) is 16.8 Å². The average molecular weight is 396 g/mol. The van der Waals surface area contributed by atoms with Gasteiger partial charge in [0.15, 0.2) is 0 Å². The zero-order valence-corrected chi connectivity index (χ0v) is 16.9. The number of ether oxygens (including phenoxy) is 1. The lowest BCUT2D eigenvalue weighted by Gasteiger charge is -2.27. The molecule has 0 amide bonds. The SMILES string of the molecule is c1ccc(COc2cccc(-c3n[nH]c4c3CN(Cc3ccccc3)CC4)c2)cc1. The van der Waals surface area contributed by atoms with Gasteiger partial charge in [-0.2, -0.15) is 5.10 Å². The number of nitrogens with one attached hydrogen (secondary N) is 1. The van der Waals surface area contributed by atoms with Crippen LogP contribution >= 0.6 is 0 Å². The molecule has 30 heavy (non-hydrogen) atoms. The van der Waals surface area contributed by atoms with E-state index in [9.17, 15) is 0 Å². The Bertz CT molecular complexity index is 1110. The first-order valence-electron chi connectivity index (χ1n) is 10.4. The van der Waals surface area contributed by atoms with Gasteiger partial charge in [-0.3, -0.25) is 10.00 Å². The largest absolute Gasteiger partial charge is 0.489 e. The maximum atomic E-state index is 6.03. The number of benzene rings is 3. The van der Waals surface area contributed by atoms with Crippen molar-refractivity contribution in [3.05, 3.63) is 107 Å². The Kier molecular flexibility index (Phi) is 5.32. The zero-order chi connectivity index (χ0) is 20.2. The second-order valence-corrected chi connectivity index (χ2v) is 7.78. The Morgan fingerprint density at radius 2 is 1.63 bits per heavy atom. The highest BCUT2D eigenvalue weighted by atomic mass is 16.5. The molecule has 0 fully saturated rings. The van der Waals surface area contributed by atoms with Crippen molar-refractivity contribution in [3.63, 3.8) is 0 Å². The van der Waals surface area contributed by atoms with Crippen molar-refractivity contribution in [2.24, 2.45) is 0 Å². The quantitative estimate of drug-likeness (QED) is 0.487. The van der Waals surface area contributed by atoms with Crippen LogP contribution in [0.3, 0.4) is 0 Å². The molecule has 1 N–H and O–H groups in total. The van der Waals surface area contributed by atoms with Crippen LogP contribution in [-0.2, 0) is 26.1 Å². The van der Waals surface area contributed by atoms with Gasteiger partial charge in [0.05, 0.1) is 5.69 Å². The predicted molar refractivity (Wildman–Crippen MR) is 119 cm³/mol. The third-order valence-electron chi connectivity index (χ3n) is 5.62. The summed E-state index contributed by atoms with van der Waals surface area (Å²) in [6.45, 7) is 3.48. The second kappa shape index (κ2) is 8.56. The summed E-state index contributed by atoms with van der Waals surface area (Å²) in [6.07, 6.45) is 0.999. The van der Waals surface area contributed by atoms with Crippen molar-refractivity contribution in [1.29, 1.82) is 0 Å². The fourth-order valence-electron chi connectivity index (χ4n) is 4.04. The molecule has 4 aromatic rings. The fourth-order valence-corrected chi connectivity index (χ4v) is 4.04. The van der Waals surface area contributed by atoms with E-state index in [2.05, 4.69) is 69.7 Å². The lowest BCUT2D eigenvalue weighted by Crippen LogP contribution is -2.29. The molecule has 150 valence electrons. The van der Waals surface area contributed by atoms with Crippen LogP contribution in [0.25, 0.3) is 11.3 Å². The van der Waals surface area contributed by atoms with Crippen molar-refractivity contribution in [3.8, 4) is 17.0 Å². The van der Waals surface area contributed by atoms with Gasteiger partial charge < -0.3 is 4.74 Å². The highest BCUT2D eigenvalue weighted by molar-refractivity contribution is 5.66. The molecule has 5 rings (SSSR count). The van der Waals surface area contributed by atoms with E-state index in [0.29, 0.717) is 6.61 Å². The number of rotatable bonds is 6. The van der Waals surface area contributed by atoms with E-state index in [4.69, 9.17) is 4.74 Å². The molecule has 1 aliphatic rings. The van der Waals surface area contributed by atoms with Crippen molar-refractivity contribution >= 4 is 0 Å². The summed E-state index contributed by atoms with van der Waals surface area (Å²) in [7, 11) is 0. The summed E-state index contributed by atoms with van der Waals surface area (Å²) in [4.78, 5) is 2.49. The zero-order valence-electron chi connectivity index (χ0n) is 16.9. The summed E-state index contributed by atoms with van der Waals surface area (Å²) >= 11 is 0. The molecule has 0 unspecified atom stereocenters. The van der Waals surface area contributed by atoms with E-state index in [1.807, 2.05) is 30.3 Å². The monoisotopic (exact) mass is 395 g/mol. The van der Waals surface area contributed by atoms with Gasteiger partial charge in [0, 0.05) is 42.9 Å². The highest BCUT2D eigenvalue weighted by Gasteiger charge is 2.23. The highest BCUT2D eigenvalue weighted by Crippen LogP contribution is 2.31. The Morgan fingerprint density at radius 1 is 0.867 bits per heavy atom. The molecule has 0 aliphatic carbocycles. The number of nitrogens with zero attached hydrogens (tertiary/aromatic N) is 2. The first kappa shape index (κ1) is 18.6. The molecule has 0 saturated carbocycles. The first-order valence-corrected chi connectivity index (χ1v) is 10.4. The predicted octanol–water partition coefficient (Wildman–Crippen LogP) is 5.21. The van der Waals surface area contributed by atoms with E-state index >= 15 is 0 Å². The Balaban J connectivity index is 1.33. The van der Waals surface area contributed by atoms with E-state index in [0.717, 1.165) is 48.6 Å². The molecule has 4 nitrogen and oxygen atoms in total. The fraction of sp³-hybridized carbons (Fsp3) is 0.192. The van der Waals surface area contributed by atoms with Crippen LogP contribution in [0.1, 0.15) is 22.4 Å². The summed E-state index contributed by atoms with van der Waals surface area (Å²) in [5, 5.41) is 7.93. The van der Waals surface area contributed by atoms with Crippen LogP contribution in [0.5, 0.6) is 5.75 Å². The van der Waals surface area contributed by atoms with Crippen molar-refractivity contribution in [2.45, 2.75) is 26.1 Å². The molecule has 3 aromatic carbocycles. The van der Waals surface area contributed by atoms with Crippen LogP contribution in [0.4, 0.5) is 0 Å². The van der Waals surface area contributed by atoms with Gasteiger partial charge in [0.2, 0.25) is 0 Å². The molecule has 1 aromatic heterocycles. The number of H-pyrrole nitrogens is 1. The normalized spacial score (nSPS) is 13.7. The minimum absolute atomic E-state index is 0.563. The minimum Gasteiger partial charge on any atom is -0.489 e. The summed E-state index contributed by atoms with van der Waals surface area (Å²) < 4.78 is 6.03. The minimum atomic E-state index is 0.563. The molecular weight excluding hydrogens is 370 g/mol. The summed E-state index contributed by atoms with van der Waals surface area (Å²) in [5.74, 6) is 0.866. The van der Waals surface area contributed by atoms with Gasteiger partial charge in [-0.05, 0) is 23.3 Å². The summed E-state index contributed by atoms with van der Waals surface area (Å²) in [6, 6.07) is 29.2. The van der Waals surface area contributed by atoms with Crippen LogP contribution in [0, 0.1) is 0 Å². The van der Waals surface area contributed by atoms with Gasteiger partial charge in [0.25, 0.3) is 0 Å². The Morgan fingerprint density at radius 3 is 2.43 bits per heavy atom. The van der Waals surface area contributed by atoms with E-state index < -0.39 is 0 Å². The standard InChI is InChI=1S/C26H25N3O/c1-3-8-20(9-4-1)17-29-15-14-25-24(18-29)26(28-27-25)22-12-7-13-23(16-22)30-19-21-10-5-2-6-11-21/h1-13,16H,14-15,17-19H2,(H,27,28). The molecular formula is C26H25N3O. The summed E-state index contributed by atoms with van der Waals surface area (Å²) in [5.41, 5.74) is 7.20. The third kappa shape index (κ3) is 4.14. The topological polar surface area (TPSA) is 41.1 Å². The third-order valence-corrected chi connectivity index (χ3v) is 5.62. The van der Waals surface area contributed by atoms with Crippen LogP contribution in [-0.4, -0.2) is 21.6 Å². The number of fused-ring (bicyclic) bond motifs is 1. The van der Waals surface area contributed by atoms with Crippen LogP contribution in [0.2, 0.25) is 0 Å². The van der Waals surface area contributed by atoms with E-state index in [-0.39, 0.29) is 0 Å². The van der Waals surface area contributed by atoms with Gasteiger partial charge in [-0.25, -0.2) is 0 Å². The molecule has 0 bridgehead atoms. The van der Waals surface area contributed by atoms with Crippen molar-refractivity contribution in [2.75, 3.05) is 6.54 Å². The molecule has 0 atom stereocenters. The Hall–Kier alpha value is -3.37. The number of aromatic amines is 1. The maximum Gasteiger partial charge on any atom is 0.120 e. The Labute approximate surface area is 177 Å². The molecule has 1 aliphatic heterocycles. The molecule has 0 radical (unpaired) electrons. The molecule has 2 heterocycles. The maximum absolute atomic E-state index is 6.03. The lowest BCUT2D eigenvalue weighted by atomic mass is 10.0. The van der Waals surface area contributed by atoms with Gasteiger partial charge in [-0.1, -0.05) is 72.8 Å². The van der Waals surface area contributed by atoms with Gasteiger partial charge in [-0.15, -0.1) is 0 Å². The number of hydrogen-bond donors (Lipinski definition) is 1. The lowest BCUT2D eigenvalue weighted by molar-refractivity contribution is 0.245. The number of aromatic nitrogens is 2. The second-order valence-electron chi connectivity index (χ2n) is 7.78. The molecule has 0 saturated heterocycles. The van der Waals surface area contributed by atoms with Crippen LogP contribution < -0.4 is 4.74 Å². The first-order chi connectivity index (χ1) is 14.8.